The number of carbonyl (C=O) groups is 1. The van der Waals surface area contributed by atoms with Gasteiger partial charge in [0.2, 0.25) is 5.78 Å². The van der Waals surface area contributed by atoms with Gasteiger partial charge in [0.15, 0.2) is 0 Å². The number of alkyl halides is 2. The molecule has 1 nitrogen and oxygen atoms in total. The molecule has 1 radical (unpaired) electrons. The molecule has 65 valence electrons. The first-order valence-electron chi connectivity index (χ1n) is 3.64. The molecule has 0 aromatic carbocycles. The number of hydrogen-bond acceptors (Lipinski definition) is 1. The van der Waals surface area contributed by atoms with Crippen LogP contribution in [0.1, 0.15) is 26.7 Å². The Hall–Kier alpha value is -0.470. The third-order valence-electron chi connectivity index (χ3n) is 1.71. The van der Waals surface area contributed by atoms with Gasteiger partial charge in [-0.05, 0) is 5.92 Å². The summed E-state index contributed by atoms with van der Waals surface area (Å²) in [6, 6.07) is 0. The third-order valence-corrected chi connectivity index (χ3v) is 1.71. The van der Waals surface area contributed by atoms with Crippen molar-refractivity contribution in [3.05, 3.63) is 6.92 Å². The maximum Gasteiger partial charge on any atom is 0.305 e. The Kier molecular flexibility index (Phi) is 3.63. The highest BCUT2D eigenvalue weighted by molar-refractivity contribution is 5.89. The molecular formula is C8H13F2O. The smallest absolute Gasteiger partial charge is 0.293 e. The van der Waals surface area contributed by atoms with Crippen LogP contribution in [0.2, 0.25) is 0 Å². The first-order chi connectivity index (χ1) is 4.90. The molecule has 0 N–H and O–H groups in total. The molecule has 0 unspecified atom stereocenters. The Balaban J connectivity index is 4.01. The number of hydrogen-bond donors (Lipinski definition) is 0. The summed E-state index contributed by atoms with van der Waals surface area (Å²) >= 11 is 0. The average molecular weight is 163 g/mol. The van der Waals surface area contributed by atoms with E-state index < -0.39 is 11.7 Å². The van der Waals surface area contributed by atoms with Crippen LogP contribution in [-0.2, 0) is 4.79 Å². The number of carbonyl (C=O) groups excluding carboxylic acids is 1. The molecule has 0 aliphatic carbocycles. The summed E-state index contributed by atoms with van der Waals surface area (Å²) < 4.78 is 25.1. The van der Waals surface area contributed by atoms with Gasteiger partial charge < -0.3 is 0 Å². The largest absolute Gasteiger partial charge is 0.305 e. The van der Waals surface area contributed by atoms with Crippen molar-refractivity contribution in [3.8, 4) is 0 Å². The van der Waals surface area contributed by atoms with Crippen LogP contribution in [0.3, 0.4) is 0 Å². The van der Waals surface area contributed by atoms with E-state index >= 15 is 0 Å². The number of halogens is 2. The molecule has 0 aromatic rings. The average Bonchev–Trinajstić information content (AvgIpc) is 1.86. The molecule has 0 aromatic heterocycles. The van der Waals surface area contributed by atoms with Gasteiger partial charge in [0.05, 0.1) is 0 Å². The lowest BCUT2D eigenvalue weighted by Gasteiger charge is -2.16. The van der Waals surface area contributed by atoms with Crippen molar-refractivity contribution in [2.75, 3.05) is 0 Å². The van der Waals surface area contributed by atoms with Crippen molar-refractivity contribution in [2.24, 2.45) is 5.92 Å². The van der Waals surface area contributed by atoms with E-state index in [1.807, 2.05) is 6.92 Å². The van der Waals surface area contributed by atoms with E-state index in [0.717, 1.165) is 0 Å². The predicted octanol–water partition coefficient (Wildman–Crippen LogP) is 2.46. The minimum atomic E-state index is -3.23. The molecule has 0 heterocycles. The van der Waals surface area contributed by atoms with E-state index in [4.69, 9.17) is 0 Å². The second-order valence-corrected chi connectivity index (χ2v) is 2.85. The fourth-order valence-electron chi connectivity index (χ4n) is 0.696. The van der Waals surface area contributed by atoms with Crippen LogP contribution < -0.4 is 0 Å². The number of rotatable bonds is 4. The molecule has 11 heavy (non-hydrogen) atoms. The van der Waals surface area contributed by atoms with Crippen molar-refractivity contribution < 1.29 is 13.6 Å². The van der Waals surface area contributed by atoms with Gasteiger partial charge in [0.25, 0.3) is 0 Å². The lowest BCUT2D eigenvalue weighted by Crippen LogP contribution is -2.28. The van der Waals surface area contributed by atoms with Crippen LogP contribution in [0, 0.1) is 12.8 Å². The van der Waals surface area contributed by atoms with Gasteiger partial charge in [0.1, 0.15) is 0 Å². The monoisotopic (exact) mass is 163 g/mol. The van der Waals surface area contributed by atoms with E-state index in [-0.39, 0.29) is 12.3 Å². The van der Waals surface area contributed by atoms with E-state index in [0.29, 0.717) is 6.42 Å². The Bertz CT molecular complexity index is 143. The summed E-state index contributed by atoms with van der Waals surface area (Å²) in [7, 11) is 0. The summed E-state index contributed by atoms with van der Waals surface area (Å²) in [5.41, 5.74) is 0. The summed E-state index contributed by atoms with van der Waals surface area (Å²) in [5, 5.41) is 0. The van der Waals surface area contributed by atoms with Crippen molar-refractivity contribution >= 4 is 5.78 Å². The number of Topliss-reactive ketones (excluding diaryl/α,β-unsaturated/α-hetero) is 1. The molecule has 0 rings (SSSR count). The van der Waals surface area contributed by atoms with Gasteiger partial charge in [-0.2, -0.15) is 8.78 Å². The minimum Gasteiger partial charge on any atom is -0.293 e. The third kappa shape index (κ3) is 3.44. The van der Waals surface area contributed by atoms with Crippen LogP contribution >= 0.6 is 0 Å². The van der Waals surface area contributed by atoms with Crippen LogP contribution in [0.4, 0.5) is 8.78 Å². The molecule has 1 atom stereocenters. The zero-order valence-corrected chi connectivity index (χ0v) is 6.86. The van der Waals surface area contributed by atoms with Crippen molar-refractivity contribution in [1.29, 1.82) is 0 Å². The van der Waals surface area contributed by atoms with Crippen molar-refractivity contribution in [2.45, 2.75) is 32.6 Å². The van der Waals surface area contributed by atoms with Crippen LogP contribution in [0.25, 0.3) is 0 Å². The quantitative estimate of drug-likeness (QED) is 0.622. The maximum absolute atomic E-state index is 12.6. The Morgan fingerprint density at radius 3 is 2.36 bits per heavy atom. The van der Waals surface area contributed by atoms with E-state index in [1.54, 1.807) is 6.92 Å². The molecule has 0 saturated heterocycles. The highest BCUT2D eigenvalue weighted by atomic mass is 19.3. The molecule has 0 bridgehead atoms. The molecule has 3 heteroatoms. The van der Waals surface area contributed by atoms with Gasteiger partial charge in [-0.1, -0.05) is 20.3 Å². The van der Waals surface area contributed by atoms with Gasteiger partial charge in [-0.3, -0.25) is 4.79 Å². The van der Waals surface area contributed by atoms with Gasteiger partial charge in [-0.25, -0.2) is 0 Å². The second-order valence-electron chi connectivity index (χ2n) is 2.85. The lowest BCUT2D eigenvalue weighted by atomic mass is 9.98. The zero-order chi connectivity index (χ0) is 9.07. The van der Waals surface area contributed by atoms with E-state index in [9.17, 15) is 13.6 Å². The van der Waals surface area contributed by atoms with Gasteiger partial charge >= 0.3 is 5.92 Å². The van der Waals surface area contributed by atoms with E-state index in [1.165, 1.54) is 0 Å². The highest BCUT2D eigenvalue weighted by Gasteiger charge is 2.35. The molecule has 0 spiro atoms. The normalized spacial score (nSPS) is 14.6. The Morgan fingerprint density at radius 1 is 1.64 bits per heavy atom. The first kappa shape index (κ1) is 10.5. The first-order valence-corrected chi connectivity index (χ1v) is 3.64. The molecular weight excluding hydrogens is 150 g/mol. The van der Waals surface area contributed by atoms with Crippen molar-refractivity contribution in [3.63, 3.8) is 0 Å². The molecule has 0 saturated carbocycles. The molecule has 0 aliphatic rings. The molecule has 0 aliphatic heterocycles. The van der Waals surface area contributed by atoms with Crippen molar-refractivity contribution in [1.82, 2.24) is 0 Å². The minimum absolute atomic E-state index is 0.129. The second kappa shape index (κ2) is 3.79. The predicted molar refractivity (Wildman–Crippen MR) is 39.4 cm³/mol. The maximum atomic E-state index is 12.6. The summed E-state index contributed by atoms with van der Waals surface area (Å²) in [6.07, 6.45) is 0.273. The molecule has 0 fully saturated rings. The van der Waals surface area contributed by atoms with E-state index in [2.05, 4.69) is 6.92 Å². The summed E-state index contributed by atoms with van der Waals surface area (Å²) in [5.74, 6) is -4.64. The lowest BCUT2D eigenvalue weighted by molar-refractivity contribution is -0.140. The van der Waals surface area contributed by atoms with Gasteiger partial charge in [-0.15, -0.1) is 0 Å². The van der Waals surface area contributed by atoms with Crippen LogP contribution in [-0.4, -0.2) is 11.7 Å². The SMILES string of the molecule is [CH2]C(=O)C(F)(F)C[C@@H](C)CC. The fraction of sp³-hybridized carbons (Fsp3) is 0.750. The highest BCUT2D eigenvalue weighted by Crippen LogP contribution is 2.25. The summed E-state index contributed by atoms with van der Waals surface area (Å²) in [6.45, 7) is 6.21. The summed E-state index contributed by atoms with van der Waals surface area (Å²) in [4.78, 5) is 10.3. The number of ketones is 1. The molecule has 0 amide bonds. The van der Waals surface area contributed by atoms with Crippen LogP contribution in [0.15, 0.2) is 0 Å². The Labute approximate surface area is 65.8 Å². The standard InChI is InChI=1S/C8H13F2O/c1-4-6(2)5-8(9,10)7(3)11/h6H,3-5H2,1-2H3/t6-/m0/s1. The fourth-order valence-corrected chi connectivity index (χ4v) is 0.696. The Morgan fingerprint density at radius 2 is 2.09 bits per heavy atom. The van der Waals surface area contributed by atoms with Crippen LogP contribution in [0.5, 0.6) is 0 Å². The van der Waals surface area contributed by atoms with Gasteiger partial charge in [0, 0.05) is 13.3 Å². The zero-order valence-electron chi connectivity index (χ0n) is 6.86. The topological polar surface area (TPSA) is 17.1 Å².